The van der Waals surface area contributed by atoms with Gasteiger partial charge in [0, 0.05) is 23.4 Å². The summed E-state index contributed by atoms with van der Waals surface area (Å²) in [6.07, 6.45) is 2.55. The molecule has 1 rings (SSSR count). The van der Waals surface area contributed by atoms with Crippen LogP contribution in [0.15, 0.2) is 9.72 Å². The molecule has 0 unspecified atom stereocenters. The fourth-order valence-electron chi connectivity index (χ4n) is 1.04. The third-order valence-electron chi connectivity index (χ3n) is 1.81. The molecule has 0 aliphatic heterocycles. The summed E-state index contributed by atoms with van der Waals surface area (Å²) in [4.78, 5) is 4.40. The Morgan fingerprint density at radius 1 is 1.50 bits per heavy atom. The van der Waals surface area contributed by atoms with Gasteiger partial charge in [0.05, 0.1) is 0 Å². The summed E-state index contributed by atoms with van der Waals surface area (Å²) in [7, 11) is 0. The summed E-state index contributed by atoms with van der Waals surface area (Å²) in [6.45, 7) is 6.49. The van der Waals surface area contributed by atoms with Gasteiger partial charge in [-0.25, -0.2) is 4.98 Å². The van der Waals surface area contributed by atoms with Gasteiger partial charge in [-0.15, -0.1) is 11.3 Å². The number of thiazole rings is 1. The quantitative estimate of drug-likeness (QED) is 0.576. The van der Waals surface area contributed by atoms with Crippen molar-refractivity contribution in [2.75, 3.05) is 18.8 Å². The zero-order valence-electron chi connectivity index (χ0n) is 8.88. The average molecular weight is 230 g/mol. The van der Waals surface area contributed by atoms with Gasteiger partial charge >= 0.3 is 0 Å². The maximum absolute atomic E-state index is 4.40. The molecule has 80 valence electrons. The van der Waals surface area contributed by atoms with Crippen LogP contribution in [-0.4, -0.2) is 23.8 Å². The maximum atomic E-state index is 4.40. The van der Waals surface area contributed by atoms with E-state index in [1.807, 2.05) is 18.7 Å². The molecule has 0 atom stereocenters. The molecule has 14 heavy (non-hydrogen) atoms. The van der Waals surface area contributed by atoms with E-state index in [0.717, 1.165) is 24.5 Å². The molecule has 0 aliphatic rings. The molecule has 0 aliphatic carbocycles. The summed E-state index contributed by atoms with van der Waals surface area (Å²) >= 11 is 3.59. The molecule has 0 saturated carbocycles. The van der Waals surface area contributed by atoms with Gasteiger partial charge in [0.1, 0.15) is 4.34 Å². The number of hydrogen-bond acceptors (Lipinski definition) is 4. The highest BCUT2D eigenvalue weighted by Crippen LogP contribution is 2.21. The monoisotopic (exact) mass is 230 g/mol. The average Bonchev–Trinajstić information content (AvgIpc) is 2.58. The van der Waals surface area contributed by atoms with E-state index in [0.29, 0.717) is 0 Å². The molecule has 0 radical (unpaired) electrons. The number of nitrogens with zero attached hydrogens (tertiary/aromatic N) is 1. The lowest BCUT2D eigenvalue weighted by atomic mass is 10.3. The Balaban J connectivity index is 1.99. The minimum Gasteiger partial charge on any atom is -0.316 e. The Bertz CT molecular complexity index is 248. The number of aromatic nitrogens is 1. The molecule has 0 saturated heterocycles. The lowest BCUT2D eigenvalue weighted by Gasteiger charge is -2.01. The van der Waals surface area contributed by atoms with Crippen LogP contribution in [0.4, 0.5) is 0 Å². The number of thioether (sulfide) groups is 1. The van der Waals surface area contributed by atoms with Gasteiger partial charge in [-0.1, -0.05) is 25.1 Å². The van der Waals surface area contributed by atoms with Crippen LogP contribution < -0.4 is 5.32 Å². The Labute approximate surface area is 94.5 Å². The predicted molar refractivity (Wildman–Crippen MR) is 65.4 cm³/mol. The molecule has 1 aromatic heterocycles. The first-order chi connectivity index (χ1) is 6.83. The van der Waals surface area contributed by atoms with E-state index >= 15 is 0 Å². The predicted octanol–water partition coefficient (Wildman–Crippen LogP) is 2.93. The van der Waals surface area contributed by atoms with E-state index < -0.39 is 0 Å². The van der Waals surface area contributed by atoms with E-state index in [1.165, 1.54) is 17.2 Å². The molecule has 0 amide bonds. The van der Waals surface area contributed by atoms with Crippen LogP contribution in [0.2, 0.25) is 0 Å². The minimum absolute atomic E-state index is 1.09. The molecule has 0 fully saturated rings. The molecular weight excluding hydrogens is 212 g/mol. The molecule has 0 spiro atoms. The zero-order chi connectivity index (χ0) is 10.2. The minimum atomic E-state index is 1.09. The molecule has 1 aromatic rings. The second-order valence-corrected chi connectivity index (χ2v) is 5.41. The van der Waals surface area contributed by atoms with Gasteiger partial charge < -0.3 is 5.32 Å². The van der Waals surface area contributed by atoms with Gasteiger partial charge in [0.15, 0.2) is 0 Å². The van der Waals surface area contributed by atoms with Gasteiger partial charge in [0.2, 0.25) is 0 Å². The SMILES string of the molecule is CCCCNCCSc1nc(C)cs1. The fraction of sp³-hybridized carbons (Fsp3) is 0.700. The highest BCUT2D eigenvalue weighted by molar-refractivity contribution is 8.01. The molecule has 1 heterocycles. The van der Waals surface area contributed by atoms with Crippen molar-refractivity contribution in [3.05, 3.63) is 11.1 Å². The largest absolute Gasteiger partial charge is 0.316 e. The summed E-state index contributed by atoms with van der Waals surface area (Å²) in [6, 6.07) is 0. The lowest BCUT2D eigenvalue weighted by molar-refractivity contribution is 0.666. The van der Waals surface area contributed by atoms with Crippen molar-refractivity contribution in [3.8, 4) is 0 Å². The molecule has 0 bridgehead atoms. The van der Waals surface area contributed by atoms with Crippen LogP contribution in [-0.2, 0) is 0 Å². The number of aryl methyl sites for hydroxylation is 1. The number of nitrogens with one attached hydrogen (secondary N) is 1. The number of hydrogen-bond donors (Lipinski definition) is 1. The third kappa shape index (κ3) is 4.98. The Kier molecular flexibility index (Phi) is 6.23. The van der Waals surface area contributed by atoms with Crippen LogP contribution >= 0.6 is 23.1 Å². The van der Waals surface area contributed by atoms with Crippen molar-refractivity contribution in [2.24, 2.45) is 0 Å². The molecule has 4 heteroatoms. The van der Waals surface area contributed by atoms with Gasteiger partial charge in [-0.2, -0.15) is 0 Å². The van der Waals surface area contributed by atoms with Crippen molar-refractivity contribution in [1.82, 2.24) is 10.3 Å². The Morgan fingerprint density at radius 2 is 2.36 bits per heavy atom. The molecule has 1 N–H and O–H groups in total. The van der Waals surface area contributed by atoms with E-state index in [9.17, 15) is 0 Å². The van der Waals surface area contributed by atoms with Crippen molar-refractivity contribution in [3.63, 3.8) is 0 Å². The van der Waals surface area contributed by atoms with E-state index in [1.54, 1.807) is 11.3 Å². The topological polar surface area (TPSA) is 24.9 Å². The summed E-state index contributed by atoms with van der Waals surface area (Å²) in [5.74, 6) is 1.12. The summed E-state index contributed by atoms with van der Waals surface area (Å²) in [5, 5.41) is 5.52. The van der Waals surface area contributed by atoms with Crippen molar-refractivity contribution in [2.45, 2.75) is 31.0 Å². The van der Waals surface area contributed by atoms with Crippen LogP contribution in [0, 0.1) is 6.92 Å². The van der Waals surface area contributed by atoms with E-state index in [4.69, 9.17) is 0 Å². The van der Waals surface area contributed by atoms with Crippen LogP contribution in [0.1, 0.15) is 25.5 Å². The van der Waals surface area contributed by atoms with Crippen LogP contribution in [0.5, 0.6) is 0 Å². The normalized spacial score (nSPS) is 10.7. The molecule has 0 aromatic carbocycles. The van der Waals surface area contributed by atoms with Gasteiger partial charge in [-0.3, -0.25) is 0 Å². The number of unbranched alkanes of at least 4 members (excludes halogenated alkanes) is 1. The van der Waals surface area contributed by atoms with Crippen LogP contribution in [0.25, 0.3) is 0 Å². The summed E-state index contributed by atoms with van der Waals surface area (Å²) < 4.78 is 1.19. The first kappa shape index (κ1) is 12.0. The maximum Gasteiger partial charge on any atom is 0.150 e. The lowest BCUT2D eigenvalue weighted by Crippen LogP contribution is -2.18. The highest BCUT2D eigenvalue weighted by Gasteiger charge is 1.97. The molecular formula is C10H18N2S2. The second-order valence-electron chi connectivity index (χ2n) is 3.21. The first-order valence-corrected chi connectivity index (χ1v) is 6.95. The zero-order valence-corrected chi connectivity index (χ0v) is 10.5. The number of rotatable bonds is 7. The Morgan fingerprint density at radius 3 is 3.00 bits per heavy atom. The smallest absolute Gasteiger partial charge is 0.150 e. The second kappa shape index (κ2) is 7.26. The van der Waals surface area contributed by atoms with Crippen molar-refractivity contribution < 1.29 is 0 Å². The standard InChI is InChI=1S/C10H18N2S2/c1-3-4-5-11-6-7-13-10-12-9(2)8-14-10/h8,11H,3-7H2,1-2H3. The van der Waals surface area contributed by atoms with Crippen LogP contribution in [0.3, 0.4) is 0 Å². The van der Waals surface area contributed by atoms with Crippen molar-refractivity contribution in [1.29, 1.82) is 0 Å². The van der Waals surface area contributed by atoms with Gasteiger partial charge in [-0.05, 0) is 19.9 Å². The van der Waals surface area contributed by atoms with Crippen molar-refractivity contribution >= 4 is 23.1 Å². The van der Waals surface area contributed by atoms with Gasteiger partial charge in [0.25, 0.3) is 0 Å². The molecule has 2 nitrogen and oxygen atoms in total. The van der Waals surface area contributed by atoms with E-state index in [2.05, 4.69) is 22.6 Å². The third-order valence-corrected chi connectivity index (χ3v) is 3.95. The first-order valence-electron chi connectivity index (χ1n) is 5.08. The summed E-state index contributed by atoms with van der Waals surface area (Å²) in [5.41, 5.74) is 1.14. The van der Waals surface area contributed by atoms with E-state index in [-0.39, 0.29) is 0 Å². The Hall–Kier alpha value is -0.0600. The highest BCUT2D eigenvalue weighted by atomic mass is 32.2. The fourth-order valence-corrected chi connectivity index (χ4v) is 2.85.